The Morgan fingerprint density at radius 2 is 1.67 bits per heavy atom. The Morgan fingerprint density at radius 3 is 2.18 bits per heavy atom. The molecule has 0 aromatic heterocycles. The van der Waals surface area contributed by atoms with Crippen LogP contribution in [0, 0.1) is 5.41 Å². The summed E-state index contributed by atoms with van der Waals surface area (Å²) in [5, 5.41) is 14.5. The zero-order valence-electron chi connectivity index (χ0n) is 18.5. The van der Waals surface area contributed by atoms with Crippen LogP contribution in [0.25, 0.3) is 11.1 Å². The molecule has 1 fully saturated rings. The Hall–Kier alpha value is -3.39. The quantitative estimate of drug-likeness (QED) is 0.539. The van der Waals surface area contributed by atoms with Gasteiger partial charge in [-0.05, 0) is 35.1 Å². The molecule has 174 valence electrons. The van der Waals surface area contributed by atoms with E-state index in [4.69, 9.17) is 9.47 Å². The monoisotopic (exact) mass is 452 g/mol. The highest BCUT2D eigenvalue weighted by atomic mass is 16.5. The number of ether oxygens (including phenoxy) is 2. The average Bonchev–Trinajstić information content (AvgIpc) is 3.10. The van der Waals surface area contributed by atoms with Gasteiger partial charge in [0.15, 0.2) is 6.04 Å². The van der Waals surface area contributed by atoms with Crippen molar-refractivity contribution >= 4 is 18.0 Å². The molecule has 8 nitrogen and oxygen atoms in total. The Labute approximate surface area is 192 Å². The van der Waals surface area contributed by atoms with Gasteiger partial charge in [0.2, 0.25) is 5.91 Å². The fourth-order valence-electron chi connectivity index (χ4n) is 4.63. The molecule has 4 rings (SSSR count). The van der Waals surface area contributed by atoms with E-state index in [1.54, 1.807) is 0 Å². The van der Waals surface area contributed by atoms with Crippen molar-refractivity contribution in [1.29, 1.82) is 0 Å². The molecule has 8 heteroatoms. The fraction of sp³-hybridized carbons (Fsp3) is 0.400. The van der Waals surface area contributed by atoms with Crippen molar-refractivity contribution in [3.8, 4) is 11.1 Å². The van der Waals surface area contributed by atoms with Crippen molar-refractivity contribution in [2.75, 3.05) is 26.9 Å². The van der Waals surface area contributed by atoms with E-state index >= 15 is 0 Å². The number of hydrogen-bond acceptors (Lipinski definition) is 5. The second kappa shape index (κ2) is 9.62. The average molecular weight is 453 g/mol. The maximum Gasteiger partial charge on any atom is 0.407 e. The van der Waals surface area contributed by atoms with Crippen LogP contribution < -0.4 is 10.6 Å². The third kappa shape index (κ3) is 4.57. The number of carbonyl (C=O) groups is 3. The molecule has 0 radical (unpaired) electrons. The van der Waals surface area contributed by atoms with E-state index in [1.165, 1.54) is 7.11 Å². The largest absolute Gasteiger partial charge is 0.480 e. The van der Waals surface area contributed by atoms with E-state index in [0.29, 0.717) is 12.8 Å². The number of carboxylic acids is 1. The molecule has 2 aliphatic rings. The minimum absolute atomic E-state index is 0.0468. The summed E-state index contributed by atoms with van der Waals surface area (Å²) in [5.41, 5.74) is 3.72. The summed E-state index contributed by atoms with van der Waals surface area (Å²) in [5.74, 6) is -1.60. The summed E-state index contributed by atoms with van der Waals surface area (Å²) < 4.78 is 10.4. The van der Waals surface area contributed by atoms with Crippen LogP contribution in [0.3, 0.4) is 0 Å². The smallest absolute Gasteiger partial charge is 0.407 e. The van der Waals surface area contributed by atoms with Crippen LogP contribution in [0.5, 0.6) is 0 Å². The van der Waals surface area contributed by atoms with Crippen molar-refractivity contribution in [3.63, 3.8) is 0 Å². The number of fused-ring (bicyclic) bond motifs is 3. The molecule has 0 bridgehead atoms. The van der Waals surface area contributed by atoms with Gasteiger partial charge in [-0.1, -0.05) is 55.0 Å². The topological polar surface area (TPSA) is 114 Å². The highest BCUT2D eigenvalue weighted by molar-refractivity contribution is 5.88. The van der Waals surface area contributed by atoms with Gasteiger partial charge in [-0.25, -0.2) is 9.59 Å². The molecule has 2 aromatic rings. The Morgan fingerprint density at radius 1 is 1.06 bits per heavy atom. The number of amides is 2. The number of methoxy groups -OCH3 is 1. The third-order valence-electron chi connectivity index (χ3n) is 6.64. The number of carbonyl (C=O) groups excluding carboxylic acids is 2. The lowest BCUT2D eigenvalue weighted by Crippen LogP contribution is -2.56. The van der Waals surface area contributed by atoms with E-state index in [-0.39, 0.29) is 25.7 Å². The van der Waals surface area contributed by atoms with Gasteiger partial charge in [0.25, 0.3) is 0 Å². The van der Waals surface area contributed by atoms with Crippen molar-refractivity contribution in [2.24, 2.45) is 5.41 Å². The second-order valence-corrected chi connectivity index (χ2v) is 8.63. The van der Waals surface area contributed by atoms with E-state index in [0.717, 1.165) is 28.7 Å². The van der Waals surface area contributed by atoms with Gasteiger partial charge in [-0.2, -0.15) is 0 Å². The summed E-state index contributed by atoms with van der Waals surface area (Å²) in [4.78, 5) is 36.6. The van der Waals surface area contributed by atoms with Gasteiger partial charge in [0.1, 0.15) is 6.61 Å². The number of benzene rings is 2. The van der Waals surface area contributed by atoms with Gasteiger partial charge < -0.3 is 25.2 Å². The molecule has 0 saturated heterocycles. The number of aliphatic carboxylic acids is 1. The van der Waals surface area contributed by atoms with Crippen LogP contribution >= 0.6 is 0 Å². The van der Waals surface area contributed by atoms with Crippen LogP contribution in [0.4, 0.5) is 4.79 Å². The normalized spacial score (nSPS) is 16.6. The molecule has 33 heavy (non-hydrogen) atoms. The second-order valence-electron chi connectivity index (χ2n) is 8.63. The van der Waals surface area contributed by atoms with Crippen LogP contribution in [-0.2, 0) is 19.1 Å². The van der Waals surface area contributed by atoms with Crippen LogP contribution in [-0.4, -0.2) is 56.0 Å². The Kier molecular flexibility index (Phi) is 6.65. The van der Waals surface area contributed by atoms with Crippen LogP contribution in [0.15, 0.2) is 48.5 Å². The number of alkyl carbamates (subject to hydrolysis) is 1. The molecule has 1 atom stereocenters. The summed E-state index contributed by atoms with van der Waals surface area (Å²) in [6.07, 6.45) is 1.38. The molecular weight excluding hydrogens is 424 g/mol. The van der Waals surface area contributed by atoms with E-state index < -0.39 is 29.4 Å². The SMILES string of the molecule is COCC(NC(=O)C1(CNC(=O)OCC2c3ccccc3-c3ccccc32)CCC1)C(=O)O. The lowest BCUT2D eigenvalue weighted by Gasteiger charge is -2.40. The molecule has 2 aromatic carbocycles. The van der Waals surface area contributed by atoms with Gasteiger partial charge in [0.05, 0.1) is 12.0 Å². The first-order chi connectivity index (χ1) is 15.9. The fourth-order valence-corrected chi connectivity index (χ4v) is 4.63. The van der Waals surface area contributed by atoms with Crippen molar-refractivity contribution in [2.45, 2.75) is 31.2 Å². The summed E-state index contributed by atoms with van der Waals surface area (Å²) in [6.45, 7) is 0.153. The van der Waals surface area contributed by atoms with Gasteiger partial charge in [-0.15, -0.1) is 0 Å². The molecule has 2 aliphatic carbocycles. The predicted octanol–water partition coefficient (Wildman–Crippen LogP) is 2.91. The Bertz CT molecular complexity index is 1000. The summed E-state index contributed by atoms with van der Waals surface area (Å²) in [6, 6.07) is 15.1. The first kappa shape index (κ1) is 22.8. The van der Waals surface area contributed by atoms with Crippen molar-refractivity contribution in [1.82, 2.24) is 10.6 Å². The maximum atomic E-state index is 12.8. The van der Waals surface area contributed by atoms with Gasteiger partial charge >= 0.3 is 12.1 Å². The molecule has 2 amide bonds. The van der Waals surface area contributed by atoms with Crippen LogP contribution in [0.2, 0.25) is 0 Å². The summed E-state index contributed by atoms with van der Waals surface area (Å²) >= 11 is 0. The standard InChI is InChI=1S/C25H28N2O6/c1-32-14-21(22(28)29)27-23(30)25(11-6-12-25)15-26-24(31)33-13-20-18-9-4-2-7-16(18)17-8-3-5-10-19(17)20/h2-5,7-10,20-21H,6,11-15H2,1H3,(H,26,31)(H,27,30)(H,28,29). The lowest BCUT2D eigenvalue weighted by molar-refractivity contribution is -0.147. The van der Waals surface area contributed by atoms with Crippen LogP contribution in [0.1, 0.15) is 36.3 Å². The van der Waals surface area contributed by atoms with Gasteiger partial charge in [-0.3, -0.25) is 4.79 Å². The lowest BCUT2D eigenvalue weighted by atomic mass is 9.68. The zero-order valence-corrected chi connectivity index (χ0v) is 18.5. The predicted molar refractivity (Wildman–Crippen MR) is 121 cm³/mol. The highest BCUT2D eigenvalue weighted by Crippen LogP contribution is 2.44. The number of rotatable bonds is 9. The zero-order chi connectivity index (χ0) is 23.4. The van der Waals surface area contributed by atoms with E-state index in [1.807, 2.05) is 36.4 Å². The third-order valence-corrected chi connectivity index (χ3v) is 6.64. The van der Waals surface area contributed by atoms with E-state index in [2.05, 4.69) is 22.8 Å². The molecule has 3 N–H and O–H groups in total. The number of carboxylic acid groups (broad SMARTS) is 1. The first-order valence-corrected chi connectivity index (χ1v) is 11.1. The number of hydrogen-bond donors (Lipinski definition) is 3. The molecule has 0 heterocycles. The molecular formula is C25H28N2O6. The molecule has 0 spiro atoms. The minimum atomic E-state index is -1.16. The molecule has 1 saturated carbocycles. The van der Waals surface area contributed by atoms with E-state index in [9.17, 15) is 19.5 Å². The molecule has 0 aliphatic heterocycles. The van der Waals surface area contributed by atoms with Gasteiger partial charge in [0, 0.05) is 19.6 Å². The first-order valence-electron chi connectivity index (χ1n) is 11.1. The Balaban J connectivity index is 1.35. The number of nitrogens with one attached hydrogen (secondary N) is 2. The molecule has 1 unspecified atom stereocenters. The maximum absolute atomic E-state index is 12.8. The minimum Gasteiger partial charge on any atom is -0.480 e. The van der Waals surface area contributed by atoms with Crippen molar-refractivity contribution < 1.29 is 29.0 Å². The van der Waals surface area contributed by atoms with Crippen molar-refractivity contribution in [3.05, 3.63) is 59.7 Å². The summed E-state index contributed by atoms with van der Waals surface area (Å²) in [7, 11) is 1.37. The highest BCUT2D eigenvalue weighted by Gasteiger charge is 2.45.